The van der Waals surface area contributed by atoms with Crippen molar-refractivity contribution in [2.45, 2.75) is 26.2 Å². The fourth-order valence-electron chi connectivity index (χ4n) is 2.10. The van der Waals surface area contributed by atoms with Gasteiger partial charge in [-0.05, 0) is 30.9 Å². The van der Waals surface area contributed by atoms with Crippen LogP contribution in [0.25, 0.3) is 0 Å². The summed E-state index contributed by atoms with van der Waals surface area (Å²) in [6, 6.07) is 3.99. The van der Waals surface area contributed by atoms with Crippen LogP contribution in [0.3, 0.4) is 0 Å². The molecule has 0 unspecified atom stereocenters. The number of guanidine groups is 1. The van der Waals surface area contributed by atoms with Crippen LogP contribution in [0.1, 0.15) is 24.6 Å². The maximum absolute atomic E-state index is 6.02. The van der Waals surface area contributed by atoms with Gasteiger partial charge in [0.15, 0.2) is 5.96 Å². The number of likely N-dealkylation sites (tertiary alicyclic amines) is 1. The first-order valence-corrected chi connectivity index (χ1v) is 7.63. The molecule has 2 rings (SSSR count). The minimum absolute atomic E-state index is 0. The predicted octanol–water partition coefficient (Wildman–Crippen LogP) is 3.61. The molecule has 2 N–H and O–H groups in total. The molecule has 0 aliphatic carbocycles. The lowest BCUT2D eigenvalue weighted by Gasteiger charge is -2.31. The summed E-state index contributed by atoms with van der Waals surface area (Å²) in [5, 5.41) is 0. The highest BCUT2D eigenvalue weighted by Crippen LogP contribution is 2.21. The molecule has 1 saturated heterocycles. The quantitative estimate of drug-likeness (QED) is 0.467. The first-order chi connectivity index (χ1) is 8.65. The van der Waals surface area contributed by atoms with Crippen molar-refractivity contribution in [3.05, 3.63) is 21.3 Å². The van der Waals surface area contributed by atoms with Crippen LogP contribution in [0.4, 0.5) is 0 Å². The molecular formula is C13H21ClIN3S. The summed E-state index contributed by atoms with van der Waals surface area (Å²) in [5.74, 6) is 1.52. The topological polar surface area (TPSA) is 41.6 Å². The second-order valence-corrected chi connectivity index (χ2v) is 6.66. The molecule has 1 aliphatic heterocycles. The summed E-state index contributed by atoms with van der Waals surface area (Å²) in [4.78, 5) is 7.92. The van der Waals surface area contributed by atoms with E-state index in [0.29, 0.717) is 5.96 Å². The predicted molar refractivity (Wildman–Crippen MR) is 94.9 cm³/mol. The molecule has 19 heavy (non-hydrogen) atoms. The maximum atomic E-state index is 6.02. The van der Waals surface area contributed by atoms with Crippen LogP contribution in [-0.2, 0) is 6.42 Å². The van der Waals surface area contributed by atoms with Crippen LogP contribution < -0.4 is 5.73 Å². The number of halogens is 2. The van der Waals surface area contributed by atoms with Gasteiger partial charge in [0.05, 0.1) is 4.34 Å². The zero-order chi connectivity index (χ0) is 13.0. The molecule has 0 saturated carbocycles. The third kappa shape index (κ3) is 5.47. The van der Waals surface area contributed by atoms with E-state index >= 15 is 0 Å². The van der Waals surface area contributed by atoms with Crippen molar-refractivity contribution >= 4 is 52.9 Å². The largest absolute Gasteiger partial charge is 0.370 e. The number of aliphatic imine (C=N–C) groups is 1. The minimum Gasteiger partial charge on any atom is -0.370 e. The molecule has 6 heteroatoms. The van der Waals surface area contributed by atoms with Gasteiger partial charge in [0, 0.05) is 30.9 Å². The van der Waals surface area contributed by atoms with Crippen molar-refractivity contribution in [2.24, 2.45) is 16.6 Å². The van der Waals surface area contributed by atoms with Crippen LogP contribution in [0.15, 0.2) is 17.1 Å². The highest BCUT2D eigenvalue weighted by molar-refractivity contribution is 14.0. The molecular weight excluding hydrogens is 393 g/mol. The molecule has 3 nitrogen and oxygen atoms in total. The first kappa shape index (κ1) is 17.0. The van der Waals surface area contributed by atoms with Gasteiger partial charge in [0.1, 0.15) is 0 Å². The van der Waals surface area contributed by atoms with Gasteiger partial charge in [-0.1, -0.05) is 18.5 Å². The Kier molecular flexibility index (Phi) is 7.46. The van der Waals surface area contributed by atoms with Gasteiger partial charge < -0.3 is 10.6 Å². The molecule has 0 amide bonds. The Morgan fingerprint density at radius 2 is 2.16 bits per heavy atom. The summed E-state index contributed by atoms with van der Waals surface area (Å²) >= 11 is 7.50. The molecule has 1 aromatic heterocycles. The fourth-order valence-corrected chi connectivity index (χ4v) is 3.18. The summed E-state index contributed by atoms with van der Waals surface area (Å²) < 4.78 is 0.840. The van der Waals surface area contributed by atoms with Gasteiger partial charge in [0.25, 0.3) is 0 Å². The average molecular weight is 414 g/mol. The average Bonchev–Trinajstić information content (AvgIpc) is 2.76. The van der Waals surface area contributed by atoms with Crippen molar-refractivity contribution in [1.29, 1.82) is 0 Å². The number of nitrogens with two attached hydrogens (primary N) is 1. The van der Waals surface area contributed by atoms with Crippen molar-refractivity contribution in [3.63, 3.8) is 0 Å². The van der Waals surface area contributed by atoms with E-state index in [-0.39, 0.29) is 24.0 Å². The number of hydrogen-bond acceptors (Lipinski definition) is 2. The molecule has 108 valence electrons. The summed E-state index contributed by atoms with van der Waals surface area (Å²) in [7, 11) is 0. The van der Waals surface area contributed by atoms with Crippen molar-refractivity contribution in [3.8, 4) is 0 Å². The monoisotopic (exact) mass is 413 g/mol. The van der Waals surface area contributed by atoms with E-state index in [9.17, 15) is 0 Å². The van der Waals surface area contributed by atoms with Gasteiger partial charge in [0.2, 0.25) is 0 Å². The van der Waals surface area contributed by atoms with E-state index in [2.05, 4.69) is 22.9 Å². The van der Waals surface area contributed by atoms with E-state index in [0.717, 1.165) is 36.3 Å². The van der Waals surface area contributed by atoms with E-state index in [1.54, 1.807) is 11.3 Å². The highest BCUT2D eigenvalue weighted by atomic mass is 127. The van der Waals surface area contributed by atoms with Crippen molar-refractivity contribution < 1.29 is 0 Å². The van der Waals surface area contributed by atoms with E-state index in [1.807, 2.05) is 6.07 Å². The van der Waals surface area contributed by atoms with Gasteiger partial charge in [-0.2, -0.15) is 0 Å². The first-order valence-electron chi connectivity index (χ1n) is 6.44. The maximum Gasteiger partial charge on any atom is 0.191 e. The molecule has 0 aromatic carbocycles. The zero-order valence-electron chi connectivity index (χ0n) is 11.1. The van der Waals surface area contributed by atoms with Gasteiger partial charge in [-0.15, -0.1) is 35.3 Å². The third-order valence-corrected chi connectivity index (χ3v) is 4.66. The van der Waals surface area contributed by atoms with Crippen LogP contribution in [0.5, 0.6) is 0 Å². The fraction of sp³-hybridized carbons (Fsp3) is 0.615. The number of piperidine rings is 1. The Balaban J connectivity index is 0.00000180. The van der Waals surface area contributed by atoms with Gasteiger partial charge >= 0.3 is 0 Å². The number of thiophene rings is 1. The standard InChI is InChI=1S/C13H20ClN3S.HI/c1-10-5-8-17(9-6-10)13(15)16-7-4-11-2-3-12(14)18-11;/h2-3,10H,4-9H2,1H3,(H2,15,16);1H. The summed E-state index contributed by atoms with van der Waals surface area (Å²) in [6.45, 7) is 5.13. The van der Waals surface area contributed by atoms with Crippen LogP contribution >= 0.6 is 46.9 Å². The molecule has 1 aromatic rings. The van der Waals surface area contributed by atoms with E-state index in [4.69, 9.17) is 17.3 Å². The lowest BCUT2D eigenvalue weighted by atomic mass is 10.00. The normalized spacial score (nSPS) is 17.4. The second kappa shape index (κ2) is 8.32. The second-order valence-electron chi connectivity index (χ2n) is 4.87. The van der Waals surface area contributed by atoms with Gasteiger partial charge in [-0.25, -0.2) is 0 Å². The van der Waals surface area contributed by atoms with E-state index < -0.39 is 0 Å². The van der Waals surface area contributed by atoms with Crippen LogP contribution in [0, 0.1) is 5.92 Å². The third-order valence-electron chi connectivity index (χ3n) is 3.37. The Morgan fingerprint density at radius 3 is 2.74 bits per heavy atom. The number of hydrogen-bond donors (Lipinski definition) is 1. The minimum atomic E-state index is 0. The van der Waals surface area contributed by atoms with Crippen molar-refractivity contribution in [1.82, 2.24) is 4.90 Å². The Morgan fingerprint density at radius 1 is 1.47 bits per heavy atom. The van der Waals surface area contributed by atoms with Crippen LogP contribution in [-0.4, -0.2) is 30.5 Å². The smallest absolute Gasteiger partial charge is 0.191 e. The van der Waals surface area contributed by atoms with Crippen molar-refractivity contribution in [2.75, 3.05) is 19.6 Å². The molecule has 1 aliphatic rings. The van der Waals surface area contributed by atoms with E-state index in [1.165, 1.54) is 17.7 Å². The number of rotatable bonds is 3. The molecule has 1 fully saturated rings. The molecule has 2 heterocycles. The van der Waals surface area contributed by atoms with Gasteiger partial charge in [-0.3, -0.25) is 4.99 Å². The molecule has 0 spiro atoms. The lowest BCUT2D eigenvalue weighted by molar-refractivity contribution is 0.277. The number of nitrogens with zero attached hydrogens (tertiary/aromatic N) is 2. The molecule has 0 radical (unpaired) electrons. The molecule has 0 bridgehead atoms. The SMILES string of the molecule is CC1CCN(C(N)=NCCc2ccc(Cl)s2)CC1.I. The molecule has 0 atom stereocenters. The Bertz CT molecular complexity index is 414. The Labute approximate surface area is 141 Å². The zero-order valence-corrected chi connectivity index (χ0v) is 15.0. The van der Waals surface area contributed by atoms with Crippen LogP contribution in [0.2, 0.25) is 4.34 Å². The summed E-state index contributed by atoms with van der Waals surface area (Å²) in [5.41, 5.74) is 6.02. The summed E-state index contributed by atoms with van der Waals surface area (Å²) in [6.07, 6.45) is 3.36. The lowest BCUT2D eigenvalue weighted by Crippen LogP contribution is -2.42. The Hall–Kier alpha value is -0.0100. The highest BCUT2D eigenvalue weighted by Gasteiger charge is 2.16.